The second kappa shape index (κ2) is 8.55. The number of nitrogens with one attached hydrogen (secondary N) is 1. The van der Waals surface area contributed by atoms with E-state index in [0.29, 0.717) is 23.0 Å². The van der Waals surface area contributed by atoms with Crippen molar-refractivity contribution in [2.24, 2.45) is 0 Å². The Labute approximate surface area is 168 Å². The number of hydrogen-bond donors (Lipinski definition) is 1. The summed E-state index contributed by atoms with van der Waals surface area (Å²) in [7, 11) is 3.05. The smallest absolute Gasteiger partial charge is 0.271 e. The molecular formula is C21H22N4O4. The molecular weight excluding hydrogens is 372 g/mol. The molecule has 0 aliphatic carbocycles. The van der Waals surface area contributed by atoms with Gasteiger partial charge in [0.15, 0.2) is 5.75 Å². The van der Waals surface area contributed by atoms with Gasteiger partial charge in [-0.15, -0.1) is 0 Å². The molecule has 150 valence electrons. The number of methoxy groups -OCH3 is 2. The standard InChI is InChI=1S/C21H22N4O4/c1-13-9-10-22-18(11-13)23-21(27)14(2)25-19(26)12-17(29-4)20(24-25)15-5-7-16(28-3)8-6-15/h5-12,14H,1-4H3,(H,22,23,27)/t14-/m1/s1. The van der Waals surface area contributed by atoms with Gasteiger partial charge in [0.2, 0.25) is 5.91 Å². The van der Waals surface area contributed by atoms with Crippen molar-refractivity contribution in [3.05, 3.63) is 64.6 Å². The molecule has 0 unspecified atom stereocenters. The number of nitrogens with zero attached hydrogens (tertiary/aromatic N) is 3. The lowest BCUT2D eigenvalue weighted by Gasteiger charge is -2.16. The zero-order chi connectivity index (χ0) is 21.0. The molecule has 1 atom stereocenters. The Morgan fingerprint density at radius 2 is 1.83 bits per heavy atom. The molecule has 3 aromatic rings. The molecule has 29 heavy (non-hydrogen) atoms. The fourth-order valence-electron chi connectivity index (χ4n) is 2.78. The summed E-state index contributed by atoms with van der Waals surface area (Å²) in [6.45, 7) is 3.50. The number of amides is 1. The van der Waals surface area contributed by atoms with Gasteiger partial charge in [0, 0.05) is 17.8 Å². The summed E-state index contributed by atoms with van der Waals surface area (Å²) in [5, 5.41) is 7.12. The van der Waals surface area contributed by atoms with Gasteiger partial charge in [-0.1, -0.05) is 0 Å². The van der Waals surface area contributed by atoms with Crippen LogP contribution in [0, 0.1) is 6.92 Å². The summed E-state index contributed by atoms with van der Waals surface area (Å²) in [5.74, 6) is 1.03. The minimum Gasteiger partial charge on any atom is -0.497 e. The summed E-state index contributed by atoms with van der Waals surface area (Å²) in [6.07, 6.45) is 1.61. The average Bonchev–Trinajstić information content (AvgIpc) is 2.73. The second-order valence-electron chi connectivity index (χ2n) is 6.46. The highest BCUT2D eigenvalue weighted by Gasteiger charge is 2.21. The van der Waals surface area contributed by atoms with Crippen LogP contribution in [0.5, 0.6) is 11.5 Å². The maximum atomic E-state index is 12.7. The van der Waals surface area contributed by atoms with Crippen LogP contribution in [0.2, 0.25) is 0 Å². The first-order chi connectivity index (χ1) is 13.9. The highest BCUT2D eigenvalue weighted by molar-refractivity contribution is 5.92. The lowest BCUT2D eigenvalue weighted by Crippen LogP contribution is -2.33. The van der Waals surface area contributed by atoms with Crippen molar-refractivity contribution < 1.29 is 14.3 Å². The normalized spacial score (nSPS) is 11.6. The van der Waals surface area contributed by atoms with Gasteiger partial charge in [-0.25, -0.2) is 9.67 Å². The first-order valence-corrected chi connectivity index (χ1v) is 8.98. The van der Waals surface area contributed by atoms with Crippen LogP contribution in [0.3, 0.4) is 0 Å². The zero-order valence-electron chi connectivity index (χ0n) is 16.7. The Hall–Kier alpha value is -3.68. The van der Waals surface area contributed by atoms with Crippen molar-refractivity contribution in [3.8, 4) is 22.8 Å². The minimum atomic E-state index is -0.854. The van der Waals surface area contributed by atoms with Crippen molar-refractivity contribution >= 4 is 11.7 Å². The van der Waals surface area contributed by atoms with Gasteiger partial charge < -0.3 is 14.8 Å². The molecule has 1 aromatic carbocycles. The molecule has 0 saturated carbocycles. The predicted molar refractivity (Wildman–Crippen MR) is 109 cm³/mol. The lowest BCUT2D eigenvalue weighted by atomic mass is 10.1. The van der Waals surface area contributed by atoms with Crippen molar-refractivity contribution in [2.45, 2.75) is 19.9 Å². The van der Waals surface area contributed by atoms with Crippen LogP contribution in [0.1, 0.15) is 18.5 Å². The molecule has 8 nitrogen and oxygen atoms in total. The third-order valence-corrected chi connectivity index (χ3v) is 4.42. The van der Waals surface area contributed by atoms with Crippen LogP contribution in [0.15, 0.2) is 53.5 Å². The number of aryl methyl sites for hydroxylation is 1. The molecule has 2 heterocycles. The maximum Gasteiger partial charge on any atom is 0.271 e. The third kappa shape index (κ3) is 4.43. The summed E-state index contributed by atoms with van der Waals surface area (Å²) < 4.78 is 11.6. The Kier molecular flexibility index (Phi) is 5.92. The number of rotatable bonds is 6. The molecule has 8 heteroatoms. The Morgan fingerprint density at radius 1 is 1.10 bits per heavy atom. The average molecular weight is 394 g/mol. The lowest BCUT2D eigenvalue weighted by molar-refractivity contribution is -0.119. The number of aromatic nitrogens is 3. The summed E-state index contributed by atoms with van der Waals surface area (Å²) in [5.41, 5.74) is 1.69. The summed E-state index contributed by atoms with van der Waals surface area (Å²) >= 11 is 0. The molecule has 0 radical (unpaired) electrons. The number of anilines is 1. The van der Waals surface area contributed by atoms with E-state index in [2.05, 4.69) is 15.4 Å². The van der Waals surface area contributed by atoms with Gasteiger partial charge in [-0.05, 0) is 55.8 Å². The molecule has 0 saturated heterocycles. The summed E-state index contributed by atoms with van der Waals surface area (Å²) in [4.78, 5) is 29.3. The summed E-state index contributed by atoms with van der Waals surface area (Å²) in [6, 6.07) is 11.2. The highest BCUT2D eigenvalue weighted by Crippen LogP contribution is 2.28. The quantitative estimate of drug-likeness (QED) is 0.691. The number of pyridine rings is 1. The molecule has 0 bridgehead atoms. The van der Waals surface area contributed by atoms with E-state index in [1.165, 1.54) is 13.2 Å². The molecule has 0 fully saturated rings. The fraction of sp³-hybridized carbons (Fsp3) is 0.238. The van der Waals surface area contributed by atoms with E-state index in [-0.39, 0.29) is 0 Å². The number of hydrogen-bond acceptors (Lipinski definition) is 6. The highest BCUT2D eigenvalue weighted by atomic mass is 16.5. The van der Waals surface area contributed by atoms with Gasteiger partial charge in [0.1, 0.15) is 23.3 Å². The molecule has 0 aliphatic rings. The van der Waals surface area contributed by atoms with Crippen molar-refractivity contribution in [1.82, 2.24) is 14.8 Å². The van der Waals surface area contributed by atoms with Crippen LogP contribution in [-0.2, 0) is 4.79 Å². The predicted octanol–water partition coefficient (Wildman–Crippen LogP) is 2.83. The van der Waals surface area contributed by atoms with Crippen LogP contribution >= 0.6 is 0 Å². The van der Waals surface area contributed by atoms with Gasteiger partial charge >= 0.3 is 0 Å². The molecule has 0 aliphatic heterocycles. The SMILES string of the molecule is COc1ccc(-c2nn([C@H](C)C(=O)Nc3cc(C)ccn3)c(=O)cc2OC)cc1. The number of carbonyl (C=O) groups excluding carboxylic acids is 1. The van der Waals surface area contributed by atoms with Crippen molar-refractivity contribution in [2.75, 3.05) is 19.5 Å². The molecule has 1 amide bonds. The fourth-order valence-corrected chi connectivity index (χ4v) is 2.78. The zero-order valence-corrected chi connectivity index (χ0v) is 16.7. The Bertz CT molecular complexity index is 1080. The first-order valence-electron chi connectivity index (χ1n) is 8.98. The van der Waals surface area contributed by atoms with Crippen LogP contribution < -0.4 is 20.3 Å². The van der Waals surface area contributed by atoms with E-state index >= 15 is 0 Å². The first kappa shape index (κ1) is 20.1. The minimum absolute atomic E-state index is 0.323. The topological polar surface area (TPSA) is 95.3 Å². The number of ether oxygens (including phenoxy) is 2. The van der Waals surface area contributed by atoms with Gasteiger partial charge in [-0.3, -0.25) is 9.59 Å². The van der Waals surface area contributed by atoms with Gasteiger partial charge in [-0.2, -0.15) is 5.10 Å². The van der Waals surface area contributed by atoms with E-state index < -0.39 is 17.5 Å². The van der Waals surface area contributed by atoms with Crippen molar-refractivity contribution in [1.29, 1.82) is 0 Å². The number of carbonyl (C=O) groups is 1. The Balaban J connectivity index is 1.95. The Morgan fingerprint density at radius 3 is 2.45 bits per heavy atom. The molecule has 3 rings (SSSR count). The van der Waals surface area contributed by atoms with Crippen LogP contribution in [0.25, 0.3) is 11.3 Å². The molecule has 2 aromatic heterocycles. The van der Waals surface area contributed by atoms with E-state index in [1.54, 1.807) is 50.6 Å². The third-order valence-electron chi connectivity index (χ3n) is 4.42. The van der Waals surface area contributed by atoms with E-state index in [9.17, 15) is 9.59 Å². The molecule has 0 spiro atoms. The maximum absolute atomic E-state index is 12.7. The second-order valence-corrected chi connectivity index (χ2v) is 6.46. The largest absolute Gasteiger partial charge is 0.497 e. The number of benzene rings is 1. The monoisotopic (exact) mass is 394 g/mol. The van der Waals surface area contributed by atoms with E-state index in [1.807, 2.05) is 13.0 Å². The molecule has 1 N–H and O–H groups in total. The van der Waals surface area contributed by atoms with Crippen LogP contribution in [0.4, 0.5) is 5.82 Å². The van der Waals surface area contributed by atoms with Crippen molar-refractivity contribution in [3.63, 3.8) is 0 Å². The van der Waals surface area contributed by atoms with Crippen LogP contribution in [-0.4, -0.2) is 34.9 Å². The van der Waals surface area contributed by atoms with E-state index in [0.717, 1.165) is 15.8 Å². The van der Waals surface area contributed by atoms with E-state index in [4.69, 9.17) is 9.47 Å². The van der Waals surface area contributed by atoms with Gasteiger partial charge in [0.25, 0.3) is 5.56 Å². The van der Waals surface area contributed by atoms with Gasteiger partial charge in [0.05, 0.1) is 14.2 Å².